The van der Waals surface area contributed by atoms with Gasteiger partial charge in [0.1, 0.15) is 6.33 Å². The van der Waals surface area contributed by atoms with Gasteiger partial charge in [-0.1, -0.05) is 37.6 Å². The molecule has 0 aliphatic heterocycles. The van der Waals surface area contributed by atoms with Crippen LogP contribution in [-0.2, 0) is 12.8 Å². The fraction of sp³-hybridized carbons (Fsp3) is 0.222. The summed E-state index contributed by atoms with van der Waals surface area (Å²) in [6.45, 7) is 4.07. The van der Waals surface area contributed by atoms with Gasteiger partial charge in [-0.2, -0.15) is 0 Å². The number of rotatable bonds is 5. The van der Waals surface area contributed by atoms with E-state index < -0.39 is 0 Å². The van der Waals surface area contributed by atoms with Crippen LogP contribution in [0.5, 0.6) is 0 Å². The first-order valence-electron chi connectivity index (χ1n) is 8.09. The second-order valence-corrected chi connectivity index (χ2v) is 5.93. The van der Waals surface area contributed by atoms with E-state index in [1.54, 1.807) is 18.2 Å². The lowest BCUT2D eigenvalue weighted by molar-refractivity contribution is 0.102. The Labute approximate surface area is 150 Å². The minimum Gasteiger partial charge on any atom is -0.321 e. The second kappa shape index (κ2) is 7.44. The van der Waals surface area contributed by atoms with Crippen LogP contribution in [-0.4, -0.2) is 26.1 Å². The topological polar surface area (TPSA) is 72.7 Å². The van der Waals surface area contributed by atoms with Crippen LogP contribution in [0.2, 0.25) is 5.02 Å². The third-order valence-corrected chi connectivity index (χ3v) is 4.39. The van der Waals surface area contributed by atoms with Crippen molar-refractivity contribution in [2.75, 3.05) is 5.32 Å². The fourth-order valence-corrected chi connectivity index (χ4v) is 3.01. The maximum atomic E-state index is 12.8. The lowest BCUT2D eigenvalue weighted by Crippen LogP contribution is -2.15. The first-order valence-corrected chi connectivity index (χ1v) is 8.46. The number of aromatic nitrogens is 4. The van der Waals surface area contributed by atoms with Crippen LogP contribution in [0.4, 0.5) is 5.69 Å². The molecule has 0 unspecified atom stereocenters. The number of nitrogens with zero attached hydrogens (tertiary/aromatic N) is 4. The van der Waals surface area contributed by atoms with Crippen LogP contribution in [0.15, 0.2) is 42.7 Å². The molecule has 1 heterocycles. The molecular formula is C18H18ClN5O. The van der Waals surface area contributed by atoms with Gasteiger partial charge in [0.05, 0.1) is 5.69 Å². The summed E-state index contributed by atoms with van der Waals surface area (Å²) < 4.78 is 1.51. The second-order valence-electron chi connectivity index (χ2n) is 5.53. The average molecular weight is 356 g/mol. The number of halogens is 1. The summed E-state index contributed by atoms with van der Waals surface area (Å²) in [7, 11) is 0. The van der Waals surface area contributed by atoms with Crippen molar-refractivity contribution in [3.8, 4) is 5.69 Å². The number of benzene rings is 2. The molecule has 0 saturated carbocycles. The number of hydrogen-bond acceptors (Lipinski definition) is 4. The van der Waals surface area contributed by atoms with Gasteiger partial charge in [0, 0.05) is 16.3 Å². The molecule has 0 spiro atoms. The largest absolute Gasteiger partial charge is 0.321 e. The van der Waals surface area contributed by atoms with E-state index in [0.29, 0.717) is 10.6 Å². The SMILES string of the molecule is CCc1ccc(Cl)c(CC)c1NC(=O)c1cccc(-n2cnnn2)c1. The summed E-state index contributed by atoms with van der Waals surface area (Å²) in [5.41, 5.74) is 4.06. The van der Waals surface area contributed by atoms with Gasteiger partial charge in [0.25, 0.3) is 5.91 Å². The summed E-state index contributed by atoms with van der Waals surface area (Å²) in [6.07, 6.45) is 3.04. The highest BCUT2D eigenvalue weighted by Gasteiger charge is 2.15. The molecule has 1 N–H and O–H groups in total. The van der Waals surface area contributed by atoms with Crippen molar-refractivity contribution in [1.29, 1.82) is 0 Å². The van der Waals surface area contributed by atoms with Crippen molar-refractivity contribution in [2.24, 2.45) is 0 Å². The van der Waals surface area contributed by atoms with Gasteiger partial charge in [-0.3, -0.25) is 4.79 Å². The molecule has 25 heavy (non-hydrogen) atoms. The number of nitrogens with one attached hydrogen (secondary N) is 1. The summed E-state index contributed by atoms with van der Waals surface area (Å²) in [4.78, 5) is 12.8. The predicted molar refractivity (Wildman–Crippen MR) is 97.3 cm³/mol. The van der Waals surface area contributed by atoms with E-state index in [0.717, 1.165) is 35.3 Å². The van der Waals surface area contributed by atoms with Gasteiger partial charge >= 0.3 is 0 Å². The van der Waals surface area contributed by atoms with E-state index in [4.69, 9.17) is 11.6 Å². The first-order chi connectivity index (χ1) is 12.1. The Bertz CT molecular complexity index is 892. The number of carbonyl (C=O) groups excluding carboxylic acids is 1. The highest BCUT2D eigenvalue weighted by Crippen LogP contribution is 2.30. The van der Waals surface area contributed by atoms with E-state index in [-0.39, 0.29) is 5.91 Å². The van der Waals surface area contributed by atoms with Gasteiger partial charge < -0.3 is 5.32 Å². The molecule has 0 aliphatic carbocycles. The Morgan fingerprint density at radius 2 is 2.04 bits per heavy atom. The Balaban J connectivity index is 1.93. The predicted octanol–water partition coefficient (Wildman–Crippen LogP) is 3.69. The van der Waals surface area contributed by atoms with Gasteiger partial charge in [-0.25, -0.2) is 4.68 Å². The molecule has 128 valence electrons. The van der Waals surface area contributed by atoms with Crippen LogP contribution in [0.1, 0.15) is 35.3 Å². The Morgan fingerprint density at radius 1 is 1.20 bits per heavy atom. The number of tetrazole rings is 1. The monoisotopic (exact) mass is 355 g/mol. The molecule has 7 heteroatoms. The van der Waals surface area contributed by atoms with E-state index in [9.17, 15) is 4.79 Å². The van der Waals surface area contributed by atoms with Gasteiger partial charge in [-0.15, -0.1) is 5.10 Å². The van der Waals surface area contributed by atoms with Gasteiger partial charge in [0.2, 0.25) is 0 Å². The molecule has 0 fully saturated rings. The third-order valence-electron chi connectivity index (χ3n) is 4.04. The summed E-state index contributed by atoms with van der Waals surface area (Å²) in [6, 6.07) is 11.0. The average Bonchev–Trinajstić information content (AvgIpc) is 3.17. The molecule has 2 aromatic carbocycles. The zero-order valence-electron chi connectivity index (χ0n) is 14.0. The molecule has 0 aliphatic rings. The number of carbonyl (C=O) groups is 1. The number of hydrogen-bond donors (Lipinski definition) is 1. The normalized spacial score (nSPS) is 10.7. The van der Waals surface area contributed by atoms with Crippen LogP contribution >= 0.6 is 11.6 Å². The van der Waals surface area contributed by atoms with Crippen molar-refractivity contribution >= 4 is 23.2 Å². The van der Waals surface area contributed by atoms with Crippen molar-refractivity contribution < 1.29 is 4.79 Å². The van der Waals surface area contributed by atoms with Gasteiger partial charge in [-0.05, 0) is 58.7 Å². The minimum absolute atomic E-state index is 0.193. The lowest BCUT2D eigenvalue weighted by atomic mass is 10.0. The maximum Gasteiger partial charge on any atom is 0.255 e. The number of amides is 1. The van der Waals surface area contributed by atoms with E-state index in [1.165, 1.54) is 11.0 Å². The highest BCUT2D eigenvalue weighted by atomic mass is 35.5. The Morgan fingerprint density at radius 3 is 2.72 bits per heavy atom. The standard InChI is InChI=1S/C18H18ClN5O/c1-3-12-8-9-16(19)15(4-2)17(12)21-18(25)13-6-5-7-14(10-13)24-11-20-22-23-24/h5-11H,3-4H2,1-2H3,(H,21,25). The Hall–Kier alpha value is -2.73. The van der Waals surface area contributed by atoms with Crippen molar-refractivity contribution in [2.45, 2.75) is 26.7 Å². The first kappa shape index (κ1) is 17.1. The lowest BCUT2D eigenvalue weighted by Gasteiger charge is -2.16. The zero-order valence-corrected chi connectivity index (χ0v) is 14.8. The highest BCUT2D eigenvalue weighted by molar-refractivity contribution is 6.32. The van der Waals surface area contributed by atoms with E-state index in [2.05, 4.69) is 27.8 Å². The molecule has 3 aromatic rings. The van der Waals surface area contributed by atoms with Crippen LogP contribution in [0.25, 0.3) is 5.69 Å². The Kier molecular flexibility index (Phi) is 5.09. The van der Waals surface area contributed by atoms with E-state index >= 15 is 0 Å². The minimum atomic E-state index is -0.193. The molecule has 6 nitrogen and oxygen atoms in total. The molecule has 0 bridgehead atoms. The maximum absolute atomic E-state index is 12.8. The van der Waals surface area contributed by atoms with Crippen LogP contribution < -0.4 is 5.32 Å². The van der Waals surface area contributed by atoms with Crippen molar-refractivity contribution in [3.05, 3.63) is 64.4 Å². The van der Waals surface area contributed by atoms with Crippen LogP contribution in [0.3, 0.4) is 0 Å². The fourth-order valence-electron chi connectivity index (χ4n) is 2.72. The molecule has 0 atom stereocenters. The smallest absolute Gasteiger partial charge is 0.255 e. The quantitative estimate of drug-likeness (QED) is 0.757. The number of anilines is 1. The molecule has 0 saturated heterocycles. The van der Waals surface area contributed by atoms with Crippen molar-refractivity contribution in [1.82, 2.24) is 20.2 Å². The van der Waals surface area contributed by atoms with Gasteiger partial charge in [0.15, 0.2) is 0 Å². The number of aryl methyl sites for hydroxylation is 1. The molecule has 0 radical (unpaired) electrons. The molecular weight excluding hydrogens is 338 g/mol. The molecule has 3 rings (SSSR count). The zero-order chi connectivity index (χ0) is 17.8. The molecule has 1 aromatic heterocycles. The summed E-state index contributed by atoms with van der Waals surface area (Å²) in [5.74, 6) is -0.193. The van der Waals surface area contributed by atoms with Crippen LogP contribution in [0, 0.1) is 0 Å². The third kappa shape index (κ3) is 3.53. The van der Waals surface area contributed by atoms with Crippen molar-refractivity contribution in [3.63, 3.8) is 0 Å². The molecule has 1 amide bonds. The summed E-state index contributed by atoms with van der Waals surface area (Å²) >= 11 is 6.30. The van der Waals surface area contributed by atoms with E-state index in [1.807, 2.05) is 25.1 Å². The summed E-state index contributed by atoms with van der Waals surface area (Å²) in [5, 5.41) is 14.8.